The number of aliphatic hydroxyl groups is 4. The first-order valence-electron chi connectivity index (χ1n) is 12.0. The van der Waals surface area contributed by atoms with E-state index in [2.05, 4.69) is 6.58 Å². The van der Waals surface area contributed by atoms with Gasteiger partial charge in [-0.15, -0.1) is 6.58 Å². The van der Waals surface area contributed by atoms with Crippen molar-refractivity contribution in [2.75, 3.05) is 20.3 Å². The van der Waals surface area contributed by atoms with Gasteiger partial charge in [0.25, 0.3) is 0 Å². The Morgan fingerprint density at radius 3 is 2.72 bits per heavy atom. The van der Waals surface area contributed by atoms with Crippen LogP contribution in [0.3, 0.4) is 0 Å². The molecule has 0 aliphatic carbocycles. The highest BCUT2D eigenvalue weighted by Crippen LogP contribution is 2.42. The standard InChI is InChI=1S/C26H30O13/c1-3-14-24(36-12-15-23(32)35-9-8-26(14,15)33)39-25-21(31)22(20(30)18(11-27)37-25)38-19(29)7-5-13-4-6-16(28)17(10-13)34-2/h3-7,10,12,14,18,20-22,24-25,27-28,30-31,33H,1,8-9,11H2,2H3. The largest absolute Gasteiger partial charge is 0.504 e. The molecule has 0 amide bonds. The first-order valence-corrected chi connectivity index (χ1v) is 12.0. The van der Waals surface area contributed by atoms with Crippen molar-refractivity contribution in [3.8, 4) is 11.5 Å². The number of carbonyl (C=O) groups excluding carboxylic acids is 2. The Hall–Kier alpha value is -3.46. The van der Waals surface area contributed by atoms with Crippen molar-refractivity contribution in [2.24, 2.45) is 5.92 Å². The number of phenols is 1. The number of fused-ring (bicyclic) bond motifs is 1. The minimum absolute atomic E-state index is 0.0377. The molecule has 4 rings (SSSR count). The maximum absolute atomic E-state index is 12.5. The van der Waals surface area contributed by atoms with E-state index in [9.17, 15) is 35.1 Å². The number of methoxy groups -OCH3 is 1. The average Bonchev–Trinajstić information content (AvgIpc) is 2.91. The van der Waals surface area contributed by atoms with E-state index in [0.717, 1.165) is 12.3 Å². The number of rotatable bonds is 8. The van der Waals surface area contributed by atoms with Gasteiger partial charge in [0.1, 0.15) is 29.5 Å². The third kappa shape index (κ3) is 5.64. The van der Waals surface area contributed by atoms with Gasteiger partial charge in [-0.1, -0.05) is 12.1 Å². The fourth-order valence-corrected chi connectivity index (χ4v) is 4.63. The quantitative estimate of drug-likeness (QED) is 0.158. The van der Waals surface area contributed by atoms with Crippen LogP contribution in [0, 0.1) is 5.92 Å². The lowest BCUT2D eigenvalue weighted by atomic mass is 9.76. The highest BCUT2D eigenvalue weighted by molar-refractivity contribution is 5.91. The Labute approximate surface area is 223 Å². The summed E-state index contributed by atoms with van der Waals surface area (Å²) in [6.07, 6.45) is -4.41. The normalized spacial score (nSPS) is 34.3. The van der Waals surface area contributed by atoms with Crippen LogP contribution in [0.1, 0.15) is 12.0 Å². The van der Waals surface area contributed by atoms with Crippen LogP contribution in [-0.2, 0) is 33.3 Å². The molecule has 8 atom stereocenters. The Morgan fingerprint density at radius 2 is 2.03 bits per heavy atom. The predicted molar refractivity (Wildman–Crippen MR) is 130 cm³/mol. The lowest BCUT2D eigenvalue weighted by molar-refractivity contribution is -0.344. The zero-order valence-corrected chi connectivity index (χ0v) is 20.9. The van der Waals surface area contributed by atoms with Gasteiger partial charge >= 0.3 is 11.9 Å². The van der Waals surface area contributed by atoms with Crippen molar-refractivity contribution in [1.29, 1.82) is 0 Å². The Bertz CT molecular complexity index is 1150. The summed E-state index contributed by atoms with van der Waals surface area (Å²) in [5.41, 5.74) is -1.34. The fourth-order valence-electron chi connectivity index (χ4n) is 4.63. The third-order valence-electron chi connectivity index (χ3n) is 6.78. The van der Waals surface area contributed by atoms with Crippen LogP contribution >= 0.6 is 0 Å². The maximum Gasteiger partial charge on any atom is 0.340 e. The molecule has 1 aromatic carbocycles. The van der Waals surface area contributed by atoms with Crippen LogP contribution in [0.2, 0.25) is 0 Å². The van der Waals surface area contributed by atoms with Gasteiger partial charge in [-0.2, -0.15) is 0 Å². The smallest absolute Gasteiger partial charge is 0.340 e. The van der Waals surface area contributed by atoms with Crippen LogP contribution < -0.4 is 4.74 Å². The molecule has 3 aliphatic rings. The lowest BCUT2D eigenvalue weighted by Gasteiger charge is -2.46. The number of aromatic hydroxyl groups is 1. The molecule has 0 saturated carbocycles. The van der Waals surface area contributed by atoms with E-state index in [1.54, 1.807) is 0 Å². The van der Waals surface area contributed by atoms with Crippen molar-refractivity contribution < 1.29 is 63.5 Å². The number of hydrogen-bond donors (Lipinski definition) is 5. The van der Waals surface area contributed by atoms with Gasteiger partial charge in [-0.05, 0) is 23.8 Å². The number of phenolic OH excluding ortho intramolecular Hbond substituents is 1. The molecule has 39 heavy (non-hydrogen) atoms. The number of ether oxygens (including phenoxy) is 6. The molecule has 0 radical (unpaired) electrons. The Balaban J connectivity index is 1.49. The molecule has 13 heteroatoms. The molecular formula is C26H30O13. The average molecular weight is 551 g/mol. The van der Waals surface area contributed by atoms with Crippen molar-refractivity contribution in [3.05, 3.63) is 54.3 Å². The summed E-state index contributed by atoms with van der Waals surface area (Å²) >= 11 is 0. The molecule has 0 aromatic heterocycles. The summed E-state index contributed by atoms with van der Waals surface area (Å²) in [4.78, 5) is 24.6. The molecule has 3 aliphatic heterocycles. The lowest BCUT2D eigenvalue weighted by Crippen LogP contribution is -2.62. The summed E-state index contributed by atoms with van der Waals surface area (Å²) < 4.78 is 32.0. The SMILES string of the molecule is C=CC1C(OC2OC(CO)C(O)C(OC(=O)C=Cc3ccc(O)c(OC)c3)C2O)OC=C2C(=O)OCCC21O. The number of aliphatic hydroxyl groups excluding tert-OH is 3. The van der Waals surface area contributed by atoms with Crippen LogP contribution in [-0.4, -0.2) is 100 Å². The number of cyclic esters (lactones) is 1. The van der Waals surface area contributed by atoms with Crippen LogP contribution in [0.25, 0.3) is 6.08 Å². The molecule has 8 unspecified atom stereocenters. The van der Waals surface area contributed by atoms with E-state index in [4.69, 9.17) is 28.4 Å². The molecule has 2 saturated heterocycles. The summed E-state index contributed by atoms with van der Waals surface area (Å²) in [5.74, 6) is -2.59. The molecule has 1 aromatic rings. The van der Waals surface area contributed by atoms with Gasteiger partial charge in [-0.3, -0.25) is 0 Å². The molecule has 13 nitrogen and oxygen atoms in total. The van der Waals surface area contributed by atoms with Crippen LogP contribution in [0.5, 0.6) is 11.5 Å². The van der Waals surface area contributed by atoms with Gasteiger partial charge in [-0.25, -0.2) is 9.59 Å². The first kappa shape index (κ1) is 28.5. The molecule has 0 spiro atoms. The molecule has 2 fully saturated rings. The molecule has 3 heterocycles. The minimum atomic E-state index is -1.75. The second kappa shape index (κ2) is 11.7. The highest BCUT2D eigenvalue weighted by atomic mass is 16.8. The topological polar surface area (TPSA) is 191 Å². The zero-order valence-electron chi connectivity index (χ0n) is 20.9. The van der Waals surface area contributed by atoms with Gasteiger partial charge < -0.3 is 54.0 Å². The predicted octanol–water partition coefficient (Wildman–Crippen LogP) is -0.498. The second-order valence-electron chi connectivity index (χ2n) is 9.12. The van der Waals surface area contributed by atoms with Gasteiger partial charge in [0, 0.05) is 12.5 Å². The number of hydrogen-bond acceptors (Lipinski definition) is 13. The zero-order chi connectivity index (χ0) is 28.3. The molecule has 0 bridgehead atoms. The van der Waals surface area contributed by atoms with Crippen molar-refractivity contribution in [2.45, 2.75) is 49.0 Å². The summed E-state index contributed by atoms with van der Waals surface area (Å²) in [7, 11) is 1.37. The molecule has 5 N–H and O–H groups in total. The number of esters is 2. The number of benzene rings is 1. The van der Waals surface area contributed by atoms with Crippen LogP contribution in [0.15, 0.2) is 48.8 Å². The first-order chi connectivity index (χ1) is 18.6. The molecular weight excluding hydrogens is 520 g/mol. The summed E-state index contributed by atoms with van der Waals surface area (Å²) in [6, 6.07) is 4.37. The van der Waals surface area contributed by atoms with E-state index < -0.39 is 67.1 Å². The summed E-state index contributed by atoms with van der Waals surface area (Å²) in [5, 5.41) is 52.1. The highest BCUT2D eigenvalue weighted by Gasteiger charge is 2.55. The Morgan fingerprint density at radius 1 is 1.26 bits per heavy atom. The van der Waals surface area contributed by atoms with E-state index >= 15 is 0 Å². The summed E-state index contributed by atoms with van der Waals surface area (Å²) in [6.45, 7) is 2.93. The van der Waals surface area contributed by atoms with Gasteiger partial charge in [0.15, 0.2) is 23.9 Å². The van der Waals surface area contributed by atoms with E-state index in [0.29, 0.717) is 5.56 Å². The van der Waals surface area contributed by atoms with Crippen molar-refractivity contribution in [3.63, 3.8) is 0 Å². The fraction of sp³-hybridized carbons (Fsp3) is 0.462. The van der Waals surface area contributed by atoms with E-state index in [1.165, 1.54) is 37.5 Å². The minimum Gasteiger partial charge on any atom is -0.504 e. The van der Waals surface area contributed by atoms with E-state index in [-0.39, 0.29) is 30.1 Å². The van der Waals surface area contributed by atoms with Crippen molar-refractivity contribution >= 4 is 18.0 Å². The monoisotopic (exact) mass is 550 g/mol. The maximum atomic E-state index is 12.5. The van der Waals surface area contributed by atoms with Gasteiger partial charge in [0.05, 0.1) is 32.5 Å². The van der Waals surface area contributed by atoms with Gasteiger partial charge in [0.2, 0.25) is 6.29 Å². The van der Waals surface area contributed by atoms with E-state index in [1.807, 2.05) is 0 Å². The third-order valence-corrected chi connectivity index (χ3v) is 6.78. The Kier molecular flexibility index (Phi) is 8.59. The van der Waals surface area contributed by atoms with Crippen LogP contribution in [0.4, 0.5) is 0 Å². The second-order valence-corrected chi connectivity index (χ2v) is 9.12. The number of carbonyl (C=O) groups is 2. The van der Waals surface area contributed by atoms with Crippen molar-refractivity contribution in [1.82, 2.24) is 0 Å². The molecule has 212 valence electrons.